The fourth-order valence-electron chi connectivity index (χ4n) is 4.95. The molecule has 2 bridgehead atoms. The maximum Gasteiger partial charge on any atom is 0.227 e. The summed E-state index contributed by atoms with van der Waals surface area (Å²) < 4.78 is 0. The number of amides is 1. The second-order valence-electron chi connectivity index (χ2n) is 7.88. The van der Waals surface area contributed by atoms with Gasteiger partial charge in [0.25, 0.3) is 0 Å². The Hall–Kier alpha value is -2.14. The van der Waals surface area contributed by atoms with Gasteiger partial charge >= 0.3 is 0 Å². The Bertz CT molecular complexity index is 694. The zero-order valence-electron chi connectivity index (χ0n) is 15.0. The fraction of sp³-hybridized carbons (Fsp3) is 0.524. The normalized spacial score (nSPS) is 30.7. The number of carbonyl (C=O) groups excluding carboxylic acids is 2. The zero-order valence-corrected chi connectivity index (χ0v) is 15.0. The van der Waals surface area contributed by atoms with Crippen molar-refractivity contribution in [3.05, 3.63) is 48.0 Å². The monoisotopic (exact) mass is 354 g/mol. The summed E-state index contributed by atoms with van der Waals surface area (Å²) in [4.78, 5) is 27.9. The highest BCUT2D eigenvalue weighted by atomic mass is 16.4. The number of quaternary nitrogens is 1. The number of benzene rings is 1. The van der Waals surface area contributed by atoms with Crippen molar-refractivity contribution in [3.63, 3.8) is 0 Å². The number of hydrogen-bond acceptors (Lipinski definition) is 3. The highest BCUT2D eigenvalue weighted by Crippen LogP contribution is 2.48. The Morgan fingerprint density at radius 3 is 2.35 bits per heavy atom. The number of fused-ring (bicyclic) bond motifs is 2. The fourth-order valence-corrected chi connectivity index (χ4v) is 4.95. The van der Waals surface area contributed by atoms with Gasteiger partial charge in [0.2, 0.25) is 5.91 Å². The number of carbonyl (C=O) groups is 2. The van der Waals surface area contributed by atoms with E-state index in [9.17, 15) is 14.7 Å². The van der Waals surface area contributed by atoms with E-state index in [-0.39, 0.29) is 17.7 Å². The minimum Gasteiger partial charge on any atom is -0.550 e. The van der Waals surface area contributed by atoms with Gasteiger partial charge in [-0.1, -0.05) is 42.5 Å². The molecule has 0 aromatic heterocycles. The van der Waals surface area contributed by atoms with E-state index in [1.807, 2.05) is 23.1 Å². The minimum absolute atomic E-state index is 0.0169. The minimum atomic E-state index is -1.06. The quantitative estimate of drug-likeness (QED) is 0.700. The van der Waals surface area contributed by atoms with Crippen molar-refractivity contribution in [1.82, 2.24) is 4.90 Å². The molecule has 5 nitrogen and oxygen atoms in total. The Morgan fingerprint density at radius 2 is 1.69 bits per heavy atom. The predicted octanol–water partition coefficient (Wildman–Crippen LogP) is -0.856. The summed E-state index contributed by atoms with van der Waals surface area (Å²) in [6, 6.07) is 10.5. The lowest BCUT2D eigenvalue weighted by Crippen LogP contribution is -3.15. The van der Waals surface area contributed by atoms with E-state index in [1.165, 1.54) is 10.5 Å². The Labute approximate surface area is 154 Å². The molecule has 1 saturated carbocycles. The number of nitrogens with zero attached hydrogens (tertiary/aromatic N) is 1. The first kappa shape index (κ1) is 17.3. The number of hydrogen-bond donors (Lipinski definition) is 1. The van der Waals surface area contributed by atoms with Crippen molar-refractivity contribution in [2.75, 3.05) is 32.7 Å². The smallest absolute Gasteiger partial charge is 0.227 e. The van der Waals surface area contributed by atoms with Gasteiger partial charge in [0.05, 0.1) is 38.6 Å². The van der Waals surface area contributed by atoms with Gasteiger partial charge in [0.15, 0.2) is 0 Å². The largest absolute Gasteiger partial charge is 0.550 e. The third kappa shape index (κ3) is 3.28. The van der Waals surface area contributed by atoms with E-state index in [0.29, 0.717) is 0 Å². The molecule has 1 aromatic carbocycles. The maximum atomic E-state index is 13.0. The van der Waals surface area contributed by atoms with Crippen LogP contribution >= 0.6 is 0 Å². The first-order valence-electron chi connectivity index (χ1n) is 9.69. The van der Waals surface area contributed by atoms with Gasteiger partial charge in [-0.15, -0.1) is 0 Å². The van der Waals surface area contributed by atoms with Crippen molar-refractivity contribution in [1.29, 1.82) is 0 Å². The second-order valence-corrected chi connectivity index (χ2v) is 7.88. The van der Waals surface area contributed by atoms with Crippen LogP contribution in [0.25, 0.3) is 0 Å². The molecule has 1 N–H and O–H groups in total. The summed E-state index contributed by atoms with van der Waals surface area (Å²) in [5.74, 6) is -2.03. The highest BCUT2D eigenvalue weighted by Gasteiger charge is 2.50. The van der Waals surface area contributed by atoms with Crippen molar-refractivity contribution in [2.45, 2.75) is 12.8 Å². The molecular formula is C21H26N2O3. The molecule has 4 rings (SSSR count). The zero-order chi connectivity index (χ0) is 18.1. The van der Waals surface area contributed by atoms with Crippen LogP contribution in [0.5, 0.6) is 0 Å². The summed E-state index contributed by atoms with van der Waals surface area (Å²) in [7, 11) is 0. The standard InChI is InChI=1S/C21H26N2O3/c24-20(18-16-6-7-17(14-16)19(18)21(25)26)23-12-10-22(11-13-23)9-8-15-4-2-1-3-5-15/h1-7,16-19H,8-14H2,(H,25,26)/t16-,17+,18+,19+/m1/s1. The van der Waals surface area contributed by atoms with Crippen LogP contribution in [0.3, 0.4) is 0 Å². The van der Waals surface area contributed by atoms with Gasteiger partial charge < -0.3 is 19.7 Å². The molecule has 1 aromatic rings. The van der Waals surface area contributed by atoms with Crippen LogP contribution in [-0.4, -0.2) is 49.5 Å². The lowest BCUT2D eigenvalue weighted by atomic mass is 9.82. The van der Waals surface area contributed by atoms with Gasteiger partial charge in [-0.05, 0) is 23.8 Å². The topological polar surface area (TPSA) is 64.9 Å². The van der Waals surface area contributed by atoms with Gasteiger partial charge in [0, 0.05) is 18.3 Å². The molecule has 0 spiro atoms. The SMILES string of the molecule is O=C([O-])[C@@H]1[C@@H](C(=O)N2CC[NH+](CCc3ccccc3)CC2)[C@@H]2C=C[C@H]1C2. The third-order valence-electron chi connectivity index (χ3n) is 6.41. The highest BCUT2D eigenvalue weighted by molar-refractivity contribution is 5.86. The van der Waals surface area contributed by atoms with Crippen molar-refractivity contribution < 1.29 is 19.6 Å². The maximum absolute atomic E-state index is 13.0. The molecule has 1 saturated heterocycles. The van der Waals surface area contributed by atoms with Gasteiger partial charge in [-0.2, -0.15) is 0 Å². The first-order chi connectivity index (χ1) is 12.6. The lowest BCUT2D eigenvalue weighted by molar-refractivity contribution is -0.903. The first-order valence-corrected chi connectivity index (χ1v) is 9.69. The molecule has 138 valence electrons. The second kappa shape index (κ2) is 7.23. The molecule has 0 radical (unpaired) electrons. The third-order valence-corrected chi connectivity index (χ3v) is 6.41. The number of nitrogens with one attached hydrogen (secondary N) is 1. The van der Waals surface area contributed by atoms with Gasteiger partial charge in [-0.3, -0.25) is 4.79 Å². The predicted molar refractivity (Wildman–Crippen MR) is 95.0 cm³/mol. The molecule has 5 heteroatoms. The van der Waals surface area contributed by atoms with E-state index in [1.54, 1.807) is 0 Å². The number of allylic oxidation sites excluding steroid dienone is 2. The molecule has 0 unspecified atom stereocenters. The number of rotatable bonds is 5. The lowest BCUT2D eigenvalue weighted by Gasteiger charge is -2.37. The summed E-state index contributed by atoms with van der Waals surface area (Å²) in [5.41, 5.74) is 1.35. The van der Waals surface area contributed by atoms with E-state index < -0.39 is 17.8 Å². The Morgan fingerprint density at radius 1 is 1.04 bits per heavy atom. The average molecular weight is 354 g/mol. The van der Waals surface area contributed by atoms with E-state index >= 15 is 0 Å². The number of piperazine rings is 1. The number of aliphatic carboxylic acids is 1. The molecule has 3 aliphatic rings. The summed E-state index contributed by atoms with van der Waals surface area (Å²) in [6.07, 6.45) is 5.83. The van der Waals surface area contributed by atoms with Crippen LogP contribution in [0.1, 0.15) is 12.0 Å². The molecule has 1 heterocycles. The van der Waals surface area contributed by atoms with Gasteiger partial charge in [-0.25, -0.2) is 0 Å². The van der Waals surface area contributed by atoms with Crippen molar-refractivity contribution >= 4 is 11.9 Å². The summed E-state index contributed by atoms with van der Waals surface area (Å²) >= 11 is 0. The molecule has 1 amide bonds. The molecule has 4 atom stereocenters. The van der Waals surface area contributed by atoms with E-state index in [0.717, 1.165) is 45.6 Å². The van der Waals surface area contributed by atoms with Crippen LogP contribution in [0.4, 0.5) is 0 Å². The molecular weight excluding hydrogens is 328 g/mol. The Kier molecular flexibility index (Phi) is 4.81. The molecule has 2 aliphatic carbocycles. The van der Waals surface area contributed by atoms with Crippen molar-refractivity contribution in [3.8, 4) is 0 Å². The number of carboxylic acids is 1. The van der Waals surface area contributed by atoms with E-state index in [2.05, 4.69) is 24.3 Å². The van der Waals surface area contributed by atoms with Crippen LogP contribution in [-0.2, 0) is 16.0 Å². The summed E-state index contributed by atoms with van der Waals surface area (Å²) in [6.45, 7) is 4.39. The van der Waals surface area contributed by atoms with Crippen LogP contribution < -0.4 is 10.0 Å². The van der Waals surface area contributed by atoms with Crippen LogP contribution in [0, 0.1) is 23.7 Å². The molecule has 26 heavy (non-hydrogen) atoms. The van der Waals surface area contributed by atoms with Crippen LogP contribution in [0.2, 0.25) is 0 Å². The Balaban J connectivity index is 1.31. The van der Waals surface area contributed by atoms with Crippen LogP contribution in [0.15, 0.2) is 42.5 Å². The number of carboxylic acid groups (broad SMARTS) is 1. The summed E-state index contributed by atoms with van der Waals surface area (Å²) in [5, 5.41) is 11.5. The van der Waals surface area contributed by atoms with E-state index in [4.69, 9.17) is 0 Å². The van der Waals surface area contributed by atoms with Gasteiger partial charge in [0.1, 0.15) is 0 Å². The average Bonchev–Trinajstić information content (AvgIpc) is 3.28. The molecule has 1 aliphatic heterocycles. The molecule has 2 fully saturated rings. The van der Waals surface area contributed by atoms with Crippen molar-refractivity contribution in [2.24, 2.45) is 23.7 Å².